The zero-order valence-corrected chi connectivity index (χ0v) is 22.6. The summed E-state index contributed by atoms with van der Waals surface area (Å²) in [5.41, 5.74) is 1.46. The van der Waals surface area contributed by atoms with E-state index in [4.69, 9.17) is 14.2 Å². The molecule has 5 rings (SSSR count). The number of fused-ring (bicyclic) bond motifs is 2. The normalized spacial score (nSPS) is 20.2. The molecule has 10 nitrogen and oxygen atoms in total. The third-order valence-electron chi connectivity index (χ3n) is 7.00. The summed E-state index contributed by atoms with van der Waals surface area (Å²) in [5.74, 6) is 0.839. The minimum Gasteiger partial charge on any atom is -0.486 e. The van der Waals surface area contributed by atoms with E-state index in [-0.39, 0.29) is 30.4 Å². The first-order chi connectivity index (χ1) is 17.8. The number of esters is 1. The lowest BCUT2D eigenvalue weighted by atomic mass is 9.88. The minimum atomic E-state index is -3.70. The Morgan fingerprint density at radius 2 is 1.86 bits per heavy atom. The summed E-state index contributed by atoms with van der Waals surface area (Å²) in [5, 5.41) is 3.46. The molecule has 1 aromatic carbocycles. The molecule has 0 saturated carbocycles. The van der Waals surface area contributed by atoms with Gasteiger partial charge in [0, 0.05) is 37.1 Å². The highest BCUT2D eigenvalue weighted by atomic mass is 32.2. The maximum atomic E-state index is 13.2. The van der Waals surface area contributed by atoms with Gasteiger partial charge in [0.05, 0.1) is 24.1 Å². The van der Waals surface area contributed by atoms with Gasteiger partial charge in [-0.1, -0.05) is 6.92 Å². The maximum Gasteiger partial charge on any atom is 0.341 e. The lowest BCUT2D eigenvalue weighted by Gasteiger charge is -2.33. The highest BCUT2D eigenvalue weighted by Gasteiger charge is 2.32. The highest BCUT2D eigenvalue weighted by molar-refractivity contribution is 7.89. The van der Waals surface area contributed by atoms with Crippen molar-refractivity contribution < 1.29 is 32.2 Å². The number of carbonyl (C=O) groups excluding carboxylic acids is 2. The van der Waals surface area contributed by atoms with Crippen LogP contribution in [-0.4, -0.2) is 82.5 Å². The SMILES string of the molecule is COC(=O)c1c(NC(=O)CN2CCN(S(=O)(=O)c3ccc4c(c3)OCCO4)CC2)sc2c1CCC(C)C2. The van der Waals surface area contributed by atoms with Gasteiger partial charge in [-0.15, -0.1) is 11.3 Å². The minimum absolute atomic E-state index is 0.109. The van der Waals surface area contributed by atoms with Gasteiger partial charge in [-0.2, -0.15) is 4.31 Å². The van der Waals surface area contributed by atoms with Crippen LogP contribution >= 0.6 is 11.3 Å². The van der Waals surface area contributed by atoms with Crippen LogP contribution in [0.2, 0.25) is 0 Å². The van der Waals surface area contributed by atoms with E-state index in [1.807, 2.05) is 4.90 Å². The second kappa shape index (κ2) is 10.6. The molecular formula is C25H31N3O7S2. The summed E-state index contributed by atoms with van der Waals surface area (Å²) in [6.45, 7) is 4.48. The van der Waals surface area contributed by atoms with Gasteiger partial charge in [-0.3, -0.25) is 9.69 Å². The number of amides is 1. The molecule has 37 heavy (non-hydrogen) atoms. The van der Waals surface area contributed by atoms with E-state index >= 15 is 0 Å². The number of sulfonamides is 1. The molecule has 1 N–H and O–H groups in total. The quantitative estimate of drug-likeness (QED) is 0.547. The number of thiophene rings is 1. The number of hydrogen-bond acceptors (Lipinski definition) is 9. The molecule has 2 aromatic rings. The Hall–Kier alpha value is -2.67. The smallest absolute Gasteiger partial charge is 0.341 e. The maximum absolute atomic E-state index is 13.2. The fourth-order valence-corrected chi connectivity index (χ4v) is 7.84. The van der Waals surface area contributed by atoms with E-state index in [0.717, 1.165) is 29.7 Å². The molecule has 1 aromatic heterocycles. The molecule has 12 heteroatoms. The van der Waals surface area contributed by atoms with Gasteiger partial charge in [-0.05, 0) is 42.9 Å². The summed E-state index contributed by atoms with van der Waals surface area (Å²) in [6.07, 6.45) is 2.69. The van der Waals surface area contributed by atoms with Crippen LogP contribution < -0.4 is 14.8 Å². The Balaban J connectivity index is 1.20. The molecule has 0 radical (unpaired) electrons. The van der Waals surface area contributed by atoms with Gasteiger partial charge in [0.15, 0.2) is 11.5 Å². The molecule has 3 heterocycles. The number of rotatable bonds is 6. The van der Waals surface area contributed by atoms with E-state index in [1.54, 1.807) is 6.07 Å². The third-order valence-corrected chi connectivity index (χ3v) is 10.1. The van der Waals surface area contributed by atoms with Crippen molar-refractivity contribution in [3.63, 3.8) is 0 Å². The predicted molar refractivity (Wildman–Crippen MR) is 138 cm³/mol. The Kier molecular flexibility index (Phi) is 7.44. The summed E-state index contributed by atoms with van der Waals surface area (Å²) in [6, 6.07) is 4.65. The fraction of sp³-hybridized carbons (Fsp3) is 0.520. The molecule has 2 aliphatic heterocycles. The fourth-order valence-electron chi connectivity index (χ4n) is 4.99. The topological polar surface area (TPSA) is 114 Å². The van der Waals surface area contributed by atoms with Crippen molar-refractivity contribution in [1.29, 1.82) is 0 Å². The molecule has 0 bridgehead atoms. The zero-order valence-electron chi connectivity index (χ0n) is 20.9. The molecule has 3 aliphatic rings. The Bertz CT molecular complexity index is 1300. The number of piperazine rings is 1. The van der Waals surface area contributed by atoms with Crippen molar-refractivity contribution in [2.45, 2.75) is 31.1 Å². The first-order valence-electron chi connectivity index (χ1n) is 12.4. The van der Waals surface area contributed by atoms with Crippen molar-refractivity contribution in [1.82, 2.24) is 9.21 Å². The van der Waals surface area contributed by atoms with Gasteiger partial charge < -0.3 is 19.5 Å². The number of hydrogen-bond donors (Lipinski definition) is 1. The van der Waals surface area contributed by atoms with Crippen LogP contribution in [0, 0.1) is 5.92 Å². The number of ether oxygens (including phenoxy) is 3. The van der Waals surface area contributed by atoms with Crippen LogP contribution in [0.25, 0.3) is 0 Å². The Morgan fingerprint density at radius 3 is 2.59 bits per heavy atom. The van der Waals surface area contributed by atoms with Crippen LogP contribution in [0.4, 0.5) is 5.00 Å². The molecule has 0 spiro atoms. The third kappa shape index (κ3) is 5.33. The van der Waals surface area contributed by atoms with Crippen LogP contribution in [0.5, 0.6) is 11.5 Å². The van der Waals surface area contributed by atoms with Crippen molar-refractivity contribution in [3.05, 3.63) is 34.2 Å². The summed E-state index contributed by atoms with van der Waals surface area (Å²) in [4.78, 5) is 28.6. The average molecular weight is 550 g/mol. The molecule has 1 saturated heterocycles. The monoisotopic (exact) mass is 549 g/mol. The predicted octanol–water partition coefficient (Wildman–Crippen LogP) is 2.38. The molecule has 1 aliphatic carbocycles. The largest absolute Gasteiger partial charge is 0.486 e. The van der Waals surface area contributed by atoms with Crippen molar-refractivity contribution in [2.75, 3.05) is 58.4 Å². The molecule has 1 fully saturated rings. The van der Waals surface area contributed by atoms with E-state index < -0.39 is 16.0 Å². The van der Waals surface area contributed by atoms with Crippen LogP contribution in [0.1, 0.15) is 34.1 Å². The second-order valence-electron chi connectivity index (χ2n) is 9.58. The summed E-state index contributed by atoms with van der Waals surface area (Å²) < 4.78 is 43.8. The van der Waals surface area contributed by atoms with Gasteiger partial charge in [0.2, 0.25) is 15.9 Å². The lowest BCUT2D eigenvalue weighted by Crippen LogP contribution is -2.50. The van der Waals surface area contributed by atoms with Gasteiger partial charge in [-0.25, -0.2) is 13.2 Å². The van der Waals surface area contributed by atoms with Crippen molar-refractivity contribution in [3.8, 4) is 11.5 Å². The van der Waals surface area contributed by atoms with Gasteiger partial charge in [0.25, 0.3) is 0 Å². The number of methoxy groups -OCH3 is 1. The standard InChI is InChI=1S/C25H31N3O7S2/c1-16-3-5-18-21(13-16)36-24(23(18)25(30)33-2)26-22(29)15-27-7-9-28(10-8-27)37(31,32)17-4-6-19-20(14-17)35-12-11-34-19/h4,6,14,16H,3,5,7-13,15H2,1-2H3,(H,26,29). The first kappa shape index (κ1) is 26.0. The van der Waals surface area contributed by atoms with E-state index in [0.29, 0.717) is 54.3 Å². The average Bonchev–Trinajstić information content (AvgIpc) is 3.24. The van der Waals surface area contributed by atoms with E-state index in [9.17, 15) is 18.0 Å². The second-order valence-corrected chi connectivity index (χ2v) is 12.6. The van der Waals surface area contributed by atoms with Crippen LogP contribution in [0.3, 0.4) is 0 Å². The Labute approximate surface area is 220 Å². The summed E-state index contributed by atoms with van der Waals surface area (Å²) in [7, 11) is -2.35. The molecule has 1 unspecified atom stereocenters. The number of anilines is 1. The molecular weight excluding hydrogens is 518 g/mol. The number of carbonyl (C=O) groups is 2. The van der Waals surface area contributed by atoms with E-state index in [1.165, 1.54) is 34.9 Å². The van der Waals surface area contributed by atoms with Crippen molar-refractivity contribution >= 4 is 38.2 Å². The van der Waals surface area contributed by atoms with Gasteiger partial charge in [0.1, 0.15) is 18.2 Å². The number of nitrogens with zero attached hydrogens (tertiary/aromatic N) is 2. The molecule has 200 valence electrons. The molecule has 1 amide bonds. The summed E-state index contributed by atoms with van der Waals surface area (Å²) >= 11 is 1.45. The number of benzene rings is 1. The number of nitrogens with one attached hydrogen (secondary N) is 1. The van der Waals surface area contributed by atoms with Crippen LogP contribution in [0.15, 0.2) is 23.1 Å². The van der Waals surface area contributed by atoms with Crippen LogP contribution in [-0.2, 0) is 32.4 Å². The first-order valence-corrected chi connectivity index (χ1v) is 14.7. The van der Waals surface area contributed by atoms with Gasteiger partial charge >= 0.3 is 5.97 Å². The van der Waals surface area contributed by atoms with E-state index in [2.05, 4.69) is 12.2 Å². The Morgan fingerprint density at radius 1 is 1.14 bits per heavy atom. The highest BCUT2D eigenvalue weighted by Crippen LogP contribution is 2.40. The lowest BCUT2D eigenvalue weighted by molar-refractivity contribution is -0.117. The molecule has 1 atom stereocenters. The zero-order chi connectivity index (χ0) is 26.2. The van der Waals surface area contributed by atoms with Crippen molar-refractivity contribution in [2.24, 2.45) is 5.92 Å².